The van der Waals surface area contributed by atoms with Crippen LogP contribution in [0.1, 0.15) is 13.8 Å². The van der Waals surface area contributed by atoms with E-state index in [0.29, 0.717) is 77.6 Å². The Morgan fingerprint density at radius 3 is 1.64 bits per heavy atom. The Balaban J connectivity index is 1.70. The van der Waals surface area contributed by atoms with Gasteiger partial charge in [-0.1, -0.05) is 18.2 Å². The molecular formula is C27H40O9. The Kier molecular flexibility index (Phi) is 14.9. The summed E-state index contributed by atoms with van der Waals surface area (Å²) in [5.41, 5.74) is 2.03. The number of hydrogen-bond donors (Lipinski definition) is 2. The lowest BCUT2D eigenvalue weighted by molar-refractivity contribution is 0.00438. The van der Waals surface area contributed by atoms with E-state index < -0.39 is 12.2 Å². The molecule has 0 bridgehead atoms. The Morgan fingerprint density at radius 1 is 0.583 bits per heavy atom. The van der Waals surface area contributed by atoms with Gasteiger partial charge in [-0.3, -0.25) is 0 Å². The van der Waals surface area contributed by atoms with Crippen molar-refractivity contribution in [3.8, 4) is 28.4 Å². The van der Waals surface area contributed by atoms with E-state index >= 15 is 0 Å². The molecule has 202 valence electrons. The SMILES string of the molecule is COc1cc(-c2ccc(OCCOCCOCC(C)O)cc2)ccc1OCCOCCOCC(C)O. The van der Waals surface area contributed by atoms with Crippen molar-refractivity contribution in [2.24, 2.45) is 0 Å². The van der Waals surface area contributed by atoms with E-state index in [4.69, 9.17) is 43.4 Å². The standard InChI is InChI=1S/C27H40O9/c1-21(28)19-33-12-10-31-14-16-35-25-7-4-23(5-8-25)24-6-9-26(27(18-24)30-3)36-17-15-32-11-13-34-20-22(2)29/h4-9,18,21-22,28-29H,10-17,19-20H2,1-3H3. The van der Waals surface area contributed by atoms with Crippen LogP contribution in [-0.4, -0.2) is 95.6 Å². The molecule has 9 nitrogen and oxygen atoms in total. The van der Waals surface area contributed by atoms with Gasteiger partial charge in [-0.2, -0.15) is 0 Å². The number of aliphatic hydroxyl groups excluding tert-OH is 2. The van der Waals surface area contributed by atoms with Crippen LogP contribution in [0.3, 0.4) is 0 Å². The average molecular weight is 509 g/mol. The summed E-state index contributed by atoms with van der Waals surface area (Å²) in [7, 11) is 1.61. The van der Waals surface area contributed by atoms with Crippen LogP contribution < -0.4 is 14.2 Å². The minimum absolute atomic E-state index is 0.303. The zero-order valence-corrected chi connectivity index (χ0v) is 21.5. The van der Waals surface area contributed by atoms with Crippen molar-refractivity contribution < 1.29 is 43.4 Å². The lowest BCUT2D eigenvalue weighted by Gasteiger charge is -2.13. The minimum Gasteiger partial charge on any atom is -0.493 e. The van der Waals surface area contributed by atoms with Gasteiger partial charge in [-0.25, -0.2) is 0 Å². The van der Waals surface area contributed by atoms with Crippen LogP contribution in [-0.2, 0) is 18.9 Å². The summed E-state index contributed by atoms with van der Waals surface area (Å²) in [6.45, 7) is 7.46. The Morgan fingerprint density at radius 2 is 1.08 bits per heavy atom. The van der Waals surface area contributed by atoms with E-state index in [9.17, 15) is 0 Å². The second-order valence-corrected chi connectivity index (χ2v) is 8.16. The van der Waals surface area contributed by atoms with Gasteiger partial charge in [-0.05, 0) is 49.2 Å². The molecule has 0 aliphatic rings. The van der Waals surface area contributed by atoms with E-state index in [-0.39, 0.29) is 0 Å². The van der Waals surface area contributed by atoms with Crippen molar-refractivity contribution in [3.63, 3.8) is 0 Å². The molecule has 9 heteroatoms. The molecule has 0 saturated carbocycles. The highest BCUT2D eigenvalue weighted by Gasteiger charge is 2.08. The third-order valence-corrected chi connectivity index (χ3v) is 4.80. The number of aliphatic hydroxyl groups is 2. The van der Waals surface area contributed by atoms with E-state index in [0.717, 1.165) is 16.9 Å². The third kappa shape index (κ3) is 12.5. The van der Waals surface area contributed by atoms with Gasteiger partial charge in [0.25, 0.3) is 0 Å². The largest absolute Gasteiger partial charge is 0.493 e. The lowest BCUT2D eigenvalue weighted by Crippen LogP contribution is -2.15. The van der Waals surface area contributed by atoms with Crippen LogP contribution in [0.15, 0.2) is 42.5 Å². The van der Waals surface area contributed by atoms with E-state index in [1.54, 1.807) is 21.0 Å². The number of methoxy groups -OCH3 is 1. The number of hydrogen-bond acceptors (Lipinski definition) is 9. The van der Waals surface area contributed by atoms with Crippen molar-refractivity contribution >= 4 is 0 Å². The van der Waals surface area contributed by atoms with Gasteiger partial charge in [0, 0.05) is 0 Å². The molecule has 2 rings (SSSR count). The lowest BCUT2D eigenvalue weighted by atomic mass is 10.1. The maximum Gasteiger partial charge on any atom is 0.161 e. The first-order valence-electron chi connectivity index (χ1n) is 12.2. The van der Waals surface area contributed by atoms with E-state index in [1.165, 1.54) is 0 Å². The molecule has 2 atom stereocenters. The predicted octanol–water partition coefficient (Wildman–Crippen LogP) is 2.95. The fraction of sp³-hybridized carbons (Fsp3) is 0.556. The first-order chi connectivity index (χ1) is 17.5. The summed E-state index contributed by atoms with van der Waals surface area (Å²) in [6, 6.07) is 13.6. The van der Waals surface area contributed by atoms with Crippen LogP contribution in [0.4, 0.5) is 0 Å². The van der Waals surface area contributed by atoms with Gasteiger partial charge in [0.2, 0.25) is 0 Å². The maximum absolute atomic E-state index is 9.14. The summed E-state index contributed by atoms with van der Waals surface area (Å²) in [5.74, 6) is 2.05. The fourth-order valence-electron chi connectivity index (χ4n) is 3.09. The van der Waals surface area contributed by atoms with Gasteiger partial charge < -0.3 is 43.4 Å². The highest BCUT2D eigenvalue weighted by Crippen LogP contribution is 2.33. The second kappa shape index (κ2) is 17.9. The van der Waals surface area contributed by atoms with Crippen LogP contribution in [0, 0.1) is 0 Å². The zero-order valence-electron chi connectivity index (χ0n) is 21.5. The van der Waals surface area contributed by atoms with E-state index in [2.05, 4.69) is 0 Å². The molecule has 0 heterocycles. The minimum atomic E-state index is -0.473. The summed E-state index contributed by atoms with van der Waals surface area (Å²) in [6.07, 6.45) is -0.937. The zero-order chi connectivity index (χ0) is 26.0. The summed E-state index contributed by atoms with van der Waals surface area (Å²) < 4.78 is 38.4. The predicted molar refractivity (Wildman–Crippen MR) is 136 cm³/mol. The smallest absolute Gasteiger partial charge is 0.161 e. The second-order valence-electron chi connectivity index (χ2n) is 8.16. The van der Waals surface area contributed by atoms with Gasteiger partial charge in [0.05, 0.1) is 72.2 Å². The van der Waals surface area contributed by atoms with Gasteiger partial charge in [0.15, 0.2) is 11.5 Å². The molecule has 0 fully saturated rings. The number of ether oxygens (including phenoxy) is 7. The summed E-state index contributed by atoms with van der Waals surface area (Å²) in [5, 5.41) is 18.3. The van der Waals surface area contributed by atoms with Gasteiger partial charge in [-0.15, -0.1) is 0 Å². The monoisotopic (exact) mass is 508 g/mol. The molecule has 0 saturated heterocycles. The van der Waals surface area contributed by atoms with Crippen LogP contribution in [0.25, 0.3) is 11.1 Å². The molecule has 0 radical (unpaired) electrons. The molecule has 0 amide bonds. The van der Waals surface area contributed by atoms with Crippen LogP contribution in [0.2, 0.25) is 0 Å². The molecular weight excluding hydrogens is 468 g/mol. The molecule has 2 N–H and O–H groups in total. The molecule has 0 aliphatic heterocycles. The number of rotatable bonds is 20. The summed E-state index contributed by atoms with van der Waals surface area (Å²) >= 11 is 0. The molecule has 36 heavy (non-hydrogen) atoms. The van der Waals surface area contributed by atoms with Gasteiger partial charge >= 0.3 is 0 Å². The van der Waals surface area contributed by atoms with E-state index in [1.807, 2.05) is 42.5 Å². The van der Waals surface area contributed by atoms with Crippen LogP contribution >= 0.6 is 0 Å². The summed E-state index contributed by atoms with van der Waals surface area (Å²) in [4.78, 5) is 0. The van der Waals surface area contributed by atoms with Crippen molar-refractivity contribution in [1.82, 2.24) is 0 Å². The van der Waals surface area contributed by atoms with Crippen LogP contribution in [0.5, 0.6) is 17.2 Å². The van der Waals surface area contributed by atoms with Gasteiger partial charge in [0.1, 0.15) is 19.0 Å². The molecule has 2 aromatic carbocycles. The normalized spacial score (nSPS) is 12.8. The Hall–Kier alpha value is -2.40. The molecule has 2 unspecified atom stereocenters. The Labute approximate surface area is 213 Å². The first kappa shape index (κ1) is 29.8. The van der Waals surface area contributed by atoms with Crippen molar-refractivity contribution in [3.05, 3.63) is 42.5 Å². The highest BCUT2D eigenvalue weighted by atomic mass is 16.6. The van der Waals surface area contributed by atoms with Crippen molar-refractivity contribution in [2.45, 2.75) is 26.1 Å². The number of benzene rings is 2. The molecule has 0 aromatic heterocycles. The highest BCUT2D eigenvalue weighted by molar-refractivity contribution is 5.67. The fourth-order valence-corrected chi connectivity index (χ4v) is 3.09. The molecule has 2 aromatic rings. The third-order valence-electron chi connectivity index (χ3n) is 4.80. The molecule has 0 spiro atoms. The first-order valence-corrected chi connectivity index (χ1v) is 12.2. The quantitative estimate of drug-likeness (QED) is 0.261. The topological polar surface area (TPSA) is 105 Å². The molecule has 0 aliphatic carbocycles. The Bertz CT molecular complexity index is 824. The van der Waals surface area contributed by atoms with Crippen molar-refractivity contribution in [1.29, 1.82) is 0 Å². The maximum atomic E-state index is 9.14. The average Bonchev–Trinajstić information content (AvgIpc) is 2.87. The van der Waals surface area contributed by atoms with Crippen molar-refractivity contribution in [2.75, 3.05) is 73.2 Å².